The van der Waals surface area contributed by atoms with E-state index in [4.69, 9.17) is 16.3 Å². The Balaban J connectivity index is 1.50. The molecule has 1 saturated heterocycles. The third-order valence-electron chi connectivity index (χ3n) is 4.60. The zero-order chi connectivity index (χ0) is 17.4. The van der Waals surface area contributed by atoms with E-state index in [0.717, 1.165) is 28.2 Å². The third-order valence-corrected chi connectivity index (χ3v) is 4.83. The molecule has 0 spiro atoms. The molecule has 0 bridgehead atoms. The summed E-state index contributed by atoms with van der Waals surface area (Å²) >= 11 is 6.03. The fourth-order valence-corrected chi connectivity index (χ4v) is 3.43. The summed E-state index contributed by atoms with van der Waals surface area (Å²) in [5.41, 5.74) is 2.87. The van der Waals surface area contributed by atoms with Crippen molar-refractivity contribution < 1.29 is 9.53 Å². The Morgan fingerprint density at radius 1 is 1.28 bits per heavy atom. The Bertz CT molecular complexity index is 920. The molecule has 1 N–H and O–H groups in total. The van der Waals surface area contributed by atoms with Gasteiger partial charge >= 0.3 is 0 Å². The van der Waals surface area contributed by atoms with E-state index in [-0.39, 0.29) is 11.8 Å². The molecule has 1 atom stereocenters. The topological polar surface area (TPSA) is 58.2 Å². The fraction of sp³-hybridized carbons (Fsp3) is 0.263. The van der Waals surface area contributed by atoms with Crippen LogP contribution in [0.5, 0.6) is 5.75 Å². The smallest absolute Gasteiger partial charge is 0.223 e. The van der Waals surface area contributed by atoms with Crippen molar-refractivity contribution in [3.8, 4) is 5.75 Å². The van der Waals surface area contributed by atoms with Gasteiger partial charge in [-0.3, -0.25) is 4.79 Å². The lowest BCUT2D eigenvalue weighted by atomic mass is 10.1. The summed E-state index contributed by atoms with van der Waals surface area (Å²) in [6, 6.07) is 13.4. The lowest BCUT2D eigenvalue weighted by Gasteiger charge is -2.16. The van der Waals surface area contributed by atoms with Crippen molar-refractivity contribution in [3.63, 3.8) is 0 Å². The van der Waals surface area contributed by atoms with E-state index in [2.05, 4.69) is 9.97 Å². The number of ether oxygens (including phenoxy) is 1. The summed E-state index contributed by atoms with van der Waals surface area (Å²) in [6.45, 7) is 1.27. The summed E-state index contributed by atoms with van der Waals surface area (Å²) in [6.07, 6.45) is 0.476. The van der Waals surface area contributed by atoms with Gasteiger partial charge in [0.1, 0.15) is 11.6 Å². The first kappa shape index (κ1) is 16.0. The van der Waals surface area contributed by atoms with Crippen molar-refractivity contribution in [2.24, 2.45) is 0 Å². The normalized spacial score (nSPS) is 17.4. The van der Waals surface area contributed by atoms with Crippen LogP contribution in [0, 0.1) is 0 Å². The lowest BCUT2D eigenvalue weighted by Crippen LogP contribution is -2.24. The molecule has 2 heterocycles. The molecule has 25 heavy (non-hydrogen) atoms. The first-order chi connectivity index (χ1) is 12.1. The highest BCUT2D eigenvalue weighted by Crippen LogP contribution is 2.29. The molecule has 1 fully saturated rings. The van der Waals surface area contributed by atoms with E-state index in [0.29, 0.717) is 24.5 Å². The minimum absolute atomic E-state index is 0.0805. The average Bonchev–Trinajstić information content (AvgIpc) is 3.19. The number of carbonyl (C=O) groups is 1. The molecule has 3 aromatic rings. The predicted octanol–water partition coefficient (Wildman–Crippen LogP) is 3.74. The van der Waals surface area contributed by atoms with Crippen molar-refractivity contribution >= 4 is 28.5 Å². The van der Waals surface area contributed by atoms with Crippen molar-refractivity contribution in [1.82, 2.24) is 14.9 Å². The molecule has 5 nitrogen and oxygen atoms in total. The number of halogens is 1. The Morgan fingerprint density at radius 3 is 2.84 bits per heavy atom. The van der Waals surface area contributed by atoms with Crippen LogP contribution < -0.4 is 4.74 Å². The van der Waals surface area contributed by atoms with Crippen molar-refractivity contribution in [1.29, 1.82) is 0 Å². The molecule has 6 heteroatoms. The van der Waals surface area contributed by atoms with Gasteiger partial charge < -0.3 is 14.6 Å². The molecule has 0 saturated carbocycles. The number of H-pyrrole nitrogens is 1. The molecule has 1 aliphatic rings. The number of amides is 1. The monoisotopic (exact) mass is 355 g/mol. The van der Waals surface area contributed by atoms with E-state index >= 15 is 0 Å². The highest BCUT2D eigenvalue weighted by atomic mass is 35.5. The number of benzene rings is 2. The largest absolute Gasteiger partial charge is 0.497 e. The van der Waals surface area contributed by atoms with Crippen LogP contribution in [0.1, 0.15) is 23.7 Å². The number of methoxy groups -OCH3 is 1. The number of imidazole rings is 1. The molecule has 1 aliphatic heterocycles. The van der Waals surface area contributed by atoms with Crippen molar-refractivity contribution in [3.05, 3.63) is 58.9 Å². The maximum atomic E-state index is 12.4. The number of carbonyl (C=O) groups excluding carboxylic acids is 1. The van der Waals surface area contributed by atoms with Gasteiger partial charge in [0.25, 0.3) is 0 Å². The first-order valence-electron chi connectivity index (χ1n) is 8.18. The number of aromatic nitrogens is 2. The van der Waals surface area contributed by atoms with Gasteiger partial charge in [-0.2, -0.15) is 0 Å². The van der Waals surface area contributed by atoms with E-state index in [1.54, 1.807) is 7.11 Å². The summed E-state index contributed by atoms with van der Waals surface area (Å²) in [5, 5.41) is 0.673. The van der Waals surface area contributed by atoms with Gasteiger partial charge in [-0.05, 0) is 35.9 Å². The number of likely N-dealkylation sites (tertiary alicyclic amines) is 1. The van der Waals surface area contributed by atoms with Crippen molar-refractivity contribution in [2.75, 3.05) is 13.7 Å². The second-order valence-corrected chi connectivity index (χ2v) is 6.74. The molecule has 0 radical (unpaired) electrons. The molecule has 1 amide bonds. The average molecular weight is 356 g/mol. The number of aromatic amines is 1. The number of nitrogens with one attached hydrogen (secondary N) is 1. The van der Waals surface area contributed by atoms with Crippen molar-refractivity contribution in [2.45, 2.75) is 18.9 Å². The molecule has 2 aromatic carbocycles. The van der Waals surface area contributed by atoms with Crippen LogP contribution in [0.2, 0.25) is 5.02 Å². The Labute approximate surface area is 150 Å². The lowest BCUT2D eigenvalue weighted by molar-refractivity contribution is -0.128. The summed E-state index contributed by atoms with van der Waals surface area (Å²) in [4.78, 5) is 22.2. The standard InChI is InChI=1S/C19H18ClN3O2/c1-25-15-5-2-12(3-6-15)10-23-11-13(8-18(23)24)19-21-16-7-4-14(20)9-17(16)22-19/h2-7,9,13H,8,10-11H2,1H3,(H,21,22). The zero-order valence-electron chi connectivity index (χ0n) is 13.8. The van der Waals surface area contributed by atoms with Gasteiger partial charge in [0.15, 0.2) is 0 Å². The van der Waals surface area contributed by atoms with Crippen LogP contribution in [0.15, 0.2) is 42.5 Å². The minimum Gasteiger partial charge on any atom is -0.497 e. The maximum Gasteiger partial charge on any atom is 0.223 e. The SMILES string of the molecule is COc1ccc(CN2CC(c3nc4ccc(Cl)cc4[nH]3)CC2=O)cc1. The number of fused-ring (bicyclic) bond motifs is 1. The Kier molecular flexibility index (Phi) is 4.09. The van der Waals surface area contributed by atoms with E-state index < -0.39 is 0 Å². The minimum atomic E-state index is 0.0805. The molecule has 1 unspecified atom stereocenters. The summed E-state index contributed by atoms with van der Waals surface area (Å²) < 4.78 is 5.17. The number of hydrogen-bond donors (Lipinski definition) is 1. The van der Waals surface area contributed by atoms with Gasteiger partial charge in [0.05, 0.1) is 18.1 Å². The number of hydrogen-bond acceptors (Lipinski definition) is 3. The number of nitrogens with zero attached hydrogens (tertiary/aromatic N) is 2. The quantitative estimate of drug-likeness (QED) is 0.775. The molecule has 1 aromatic heterocycles. The fourth-order valence-electron chi connectivity index (χ4n) is 3.25. The molecule has 128 valence electrons. The van der Waals surface area contributed by atoms with Crippen LogP contribution in [0.4, 0.5) is 0 Å². The zero-order valence-corrected chi connectivity index (χ0v) is 14.6. The number of rotatable bonds is 4. The Hall–Kier alpha value is -2.53. The van der Waals surface area contributed by atoms with Crippen LogP contribution in [-0.4, -0.2) is 34.4 Å². The third kappa shape index (κ3) is 3.20. The molecular formula is C19H18ClN3O2. The summed E-state index contributed by atoms with van der Waals surface area (Å²) in [7, 11) is 1.64. The Morgan fingerprint density at radius 2 is 2.08 bits per heavy atom. The van der Waals surface area contributed by atoms with Crippen LogP contribution in [-0.2, 0) is 11.3 Å². The highest BCUT2D eigenvalue weighted by molar-refractivity contribution is 6.31. The van der Waals surface area contributed by atoms with E-state index in [9.17, 15) is 4.79 Å². The van der Waals surface area contributed by atoms with E-state index in [1.165, 1.54) is 0 Å². The van der Waals surface area contributed by atoms with Gasteiger partial charge in [0.2, 0.25) is 5.91 Å². The van der Waals surface area contributed by atoms with Gasteiger partial charge in [-0.1, -0.05) is 23.7 Å². The predicted molar refractivity (Wildman–Crippen MR) is 96.9 cm³/mol. The summed E-state index contributed by atoms with van der Waals surface area (Å²) in [5.74, 6) is 1.90. The van der Waals surface area contributed by atoms with Gasteiger partial charge in [-0.25, -0.2) is 4.98 Å². The highest BCUT2D eigenvalue weighted by Gasteiger charge is 2.32. The van der Waals surface area contributed by atoms with Gasteiger partial charge in [-0.15, -0.1) is 0 Å². The van der Waals surface area contributed by atoms with Crippen LogP contribution in [0.25, 0.3) is 11.0 Å². The van der Waals surface area contributed by atoms with Crippen LogP contribution in [0.3, 0.4) is 0 Å². The van der Waals surface area contributed by atoms with Gasteiger partial charge in [0, 0.05) is 30.5 Å². The van der Waals surface area contributed by atoms with Crippen LogP contribution >= 0.6 is 11.6 Å². The second kappa shape index (κ2) is 6.41. The molecule has 4 rings (SSSR count). The second-order valence-electron chi connectivity index (χ2n) is 6.31. The maximum absolute atomic E-state index is 12.4. The first-order valence-corrected chi connectivity index (χ1v) is 8.56. The molecular weight excluding hydrogens is 338 g/mol. The van der Waals surface area contributed by atoms with E-state index in [1.807, 2.05) is 47.4 Å². The molecule has 0 aliphatic carbocycles.